The smallest absolute Gasteiger partial charge is 0.251 e. The zero-order chi connectivity index (χ0) is 17.5. The monoisotopic (exact) mass is 371 g/mol. The zero-order valence-corrected chi connectivity index (χ0v) is 14.6. The number of amides is 2. The number of carbonyl (C=O) groups is 3. The summed E-state index contributed by atoms with van der Waals surface area (Å²) in [6, 6.07) is 3.77. The predicted octanol–water partition coefficient (Wildman–Crippen LogP) is 1.50. The summed E-state index contributed by atoms with van der Waals surface area (Å²) in [5, 5.41) is 6.48. The van der Waals surface area contributed by atoms with E-state index in [4.69, 9.17) is 23.2 Å². The van der Waals surface area contributed by atoms with E-state index >= 15 is 0 Å². The number of rotatable bonds is 6. The molecule has 24 heavy (non-hydrogen) atoms. The fraction of sp³-hybridized carbons (Fsp3) is 0.438. The van der Waals surface area contributed by atoms with Crippen LogP contribution in [0.3, 0.4) is 0 Å². The molecule has 0 aliphatic carbocycles. The van der Waals surface area contributed by atoms with Gasteiger partial charge in [-0.3, -0.25) is 9.59 Å². The van der Waals surface area contributed by atoms with Crippen LogP contribution in [-0.4, -0.2) is 55.2 Å². The fourth-order valence-electron chi connectivity index (χ4n) is 2.48. The molecule has 1 saturated heterocycles. The molecule has 8 heteroatoms. The number of nitrogens with one attached hydrogen (secondary N) is 2. The second-order valence-electron chi connectivity index (χ2n) is 5.47. The van der Waals surface area contributed by atoms with Crippen LogP contribution in [0.25, 0.3) is 0 Å². The van der Waals surface area contributed by atoms with Gasteiger partial charge in [0, 0.05) is 38.2 Å². The molecule has 2 N–H and O–H groups in total. The van der Waals surface area contributed by atoms with E-state index in [2.05, 4.69) is 10.6 Å². The largest absolute Gasteiger partial charge is 0.340 e. The Bertz CT molecular complexity index is 619. The number of benzene rings is 1. The van der Waals surface area contributed by atoms with Crippen molar-refractivity contribution in [3.8, 4) is 0 Å². The highest BCUT2D eigenvalue weighted by molar-refractivity contribution is 6.42. The summed E-state index contributed by atoms with van der Waals surface area (Å²) in [5.74, 6) is -0.597. The first-order chi connectivity index (χ1) is 11.5. The summed E-state index contributed by atoms with van der Waals surface area (Å²) in [5.41, 5.74) is 0.314. The van der Waals surface area contributed by atoms with Crippen molar-refractivity contribution in [2.45, 2.75) is 18.9 Å². The van der Waals surface area contributed by atoms with E-state index in [1.54, 1.807) is 4.90 Å². The number of piperazine rings is 1. The summed E-state index contributed by atoms with van der Waals surface area (Å²) < 4.78 is 0. The van der Waals surface area contributed by atoms with E-state index in [1.165, 1.54) is 18.2 Å². The van der Waals surface area contributed by atoms with Crippen LogP contribution in [0.5, 0.6) is 0 Å². The molecule has 1 atom stereocenters. The molecule has 6 nitrogen and oxygen atoms in total. The lowest BCUT2D eigenvalue weighted by Crippen LogP contribution is -2.54. The minimum Gasteiger partial charge on any atom is -0.340 e. The average Bonchev–Trinajstić information content (AvgIpc) is 2.60. The van der Waals surface area contributed by atoms with Crippen LogP contribution in [0.15, 0.2) is 18.2 Å². The first-order valence-electron chi connectivity index (χ1n) is 7.72. The molecular weight excluding hydrogens is 353 g/mol. The van der Waals surface area contributed by atoms with Crippen LogP contribution in [-0.2, 0) is 9.59 Å². The van der Waals surface area contributed by atoms with Crippen molar-refractivity contribution in [3.05, 3.63) is 33.8 Å². The normalized spacial score (nSPS) is 15.7. The number of aldehydes is 1. The van der Waals surface area contributed by atoms with Crippen LogP contribution < -0.4 is 10.6 Å². The van der Waals surface area contributed by atoms with Gasteiger partial charge in [-0.2, -0.15) is 0 Å². The summed E-state index contributed by atoms with van der Waals surface area (Å²) >= 11 is 11.8. The number of halogens is 2. The van der Waals surface area contributed by atoms with Gasteiger partial charge in [-0.05, 0) is 24.6 Å². The molecule has 2 amide bonds. The number of hydrogen-bond acceptors (Lipinski definition) is 4. The van der Waals surface area contributed by atoms with Crippen molar-refractivity contribution in [2.75, 3.05) is 26.2 Å². The molecule has 1 aromatic carbocycles. The predicted molar refractivity (Wildman–Crippen MR) is 92.5 cm³/mol. The number of hydrogen-bond donors (Lipinski definition) is 2. The molecular formula is C16H19Cl2N3O3. The van der Waals surface area contributed by atoms with Crippen molar-refractivity contribution in [2.24, 2.45) is 0 Å². The molecule has 1 aliphatic rings. The van der Waals surface area contributed by atoms with E-state index in [-0.39, 0.29) is 23.8 Å². The number of nitrogens with zero attached hydrogens (tertiary/aromatic N) is 1. The van der Waals surface area contributed by atoms with Crippen molar-refractivity contribution in [1.82, 2.24) is 15.5 Å². The maximum Gasteiger partial charge on any atom is 0.251 e. The summed E-state index contributed by atoms with van der Waals surface area (Å²) in [6.07, 6.45) is 1.20. The van der Waals surface area contributed by atoms with Gasteiger partial charge < -0.3 is 20.3 Å². The molecule has 0 aromatic heterocycles. The van der Waals surface area contributed by atoms with Gasteiger partial charge in [0.2, 0.25) is 5.91 Å². The van der Waals surface area contributed by atoms with Crippen molar-refractivity contribution >= 4 is 41.3 Å². The van der Waals surface area contributed by atoms with Gasteiger partial charge in [0.25, 0.3) is 5.91 Å². The van der Waals surface area contributed by atoms with Crippen LogP contribution in [0, 0.1) is 0 Å². The van der Waals surface area contributed by atoms with Crippen molar-refractivity contribution in [3.63, 3.8) is 0 Å². The molecule has 1 fully saturated rings. The van der Waals surface area contributed by atoms with Gasteiger partial charge in [-0.25, -0.2) is 0 Å². The van der Waals surface area contributed by atoms with Crippen LogP contribution in [0.4, 0.5) is 0 Å². The van der Waals surface area contributed by atoms with E-state index < -0.39 is 11.9 Å². The Morgan fingerprint density at radius 2 is 1.96 bits per heavy atom. The first kappa shape index (κ1) is 18.7. The van der Waals surface area contributed by atoms with Gasteiger partial charge in [-0.15, -0.1) is 0 Å². The third-order valence-corrected chi connectivity index (χ3v) is 4.53. The van der Waals surface area contributed by atoms with E-state index in [1.807, 2.05) is 0 Å². The Labute approximate surface area is 150 Å². The average molecular weight is 372 g/mol. The molecule has 0 spiro atoms. The Kier molecular flexibility index (Phi) is 7.02. The van der Waals surface area contributed by atoms with Gasteiger partial charge in [0.05, 0.1) is 10.0 Å². The molecule has 130 valence electrons. The quantitative estimate of drug-likeness (QED) is 0.742. The van der Waals surface area contributed by atoms with Gasteiger partial charge >= 0.3 is 0 Å². The minimum atomic E-state index is -0.741. The van der Waals surface area contributed by atoms with Crippen LogP contribution in [0.1, 0.15) is 23.2 Å². The van der Waals surface area contributed by atoms with Crippen molar-refractivity contribution in [1.29, 1.82) is 0 Å². The maximum atomic E-state index is 12.6. The second-order valence-corrected chi connectivity index (χ2v) is 6.29. The molecule has 2 rings (SSSR count). The van der Waals surface area contributed by atoms with Gasteiger partial charge in [-0.1, -0.05) is 23.2 Å². The maximum absolute atomic E-state index is 12.6. The molecule has 1 heterocycles. The topological polar surface area (TPSA) is 78.5 Å². The molecule has 0 bridgehead atoms. The Morgan fingerprint density at radius 1 is 1.25 bits per heavy atom. The third-order valence-electron chi connectivity index (χ3n) is 3.79. The SMILES string of the molecule is O=CCC[C@H](NC(=O)c1ccc(Cl)c(Cl)c1)C(=O)N1CCNCC1. The lowest BCUT2D eigenvalue weighted by molar-refractivity contribution is -0.134. The molecule has 1 aromatic rings. The van der Waals surface area contributed by atoms with E-state index in [0.717, 1.165) is 6.29 Å². The minimum absolute atomic E-state index is 0.174. The standard InChI is InChI=1S/C16H19Cl2N3O3/c17-12-4-3-11(10-13(12)18)15(23)20-14(2-1-9-22)16(24)21-7-5-19-6-8-21/h3-4,9-10,14,19H,1-2,5-8H2,(H,20,23)/t14-/m0/s1. The van der Waals surface area contributed by atoms with Gasteiger partial charge in [0.1, 0.15) is 12.3 Å². The third kappa shape index (κ3) is 4.93. The fourth-order valence-corrected chi connectivity index (χ4v) is 2.77. The van der Waals surface area contributed by atoms with E-state index in [9.17, 15) is 14.4 Å². The number of carbonyl (C=O) groups excluding carboxylic acids is 3. The Balaban J connectivity index is 2.08. The van der Waals surface area contributed by atoms with Crippen LogP contribution >= 0.6 is 23.2 Å². The first-order valence-corrected chi connectivity index (χ1v) is 8.47. The lowest BCUT2D eigenvalue weighted by atomic mass is 10.1. The lowest BCUT2D eigenvalue weighted by Gasteiger charge is -2.31. The Morgan fingerprint density at radius 3 is 2.58 bits per heavy atom. The van der Waals surface area contributed by atoms with E-state index in [0.29, 0.717) is 36.8 Å². The molecule has 0 radical (unpaired) electrons. The zero-order valence-electron chi connectivity index (χ0n) is 13.1. The van der Waals surface area contributed by atoms with Gasteiger partial charge in [0.15, 0.2) is 0 Å². The highest BCUT2D eigenvalue weighted by atomic mass is 35.5. The summed E-state index contributed by atoms with van der Waals surface area (Å²) in [4.78, 5) is 37.4. The highest BCUT2D eigenvalue weighted by Gasteiger charge is 2.27. The van der Waals surface area contributed by atoms with Crippen LogP contribution in [0.2, 0.25) is 10.0 Å². The second kappa shape index (κ2) is 9.01. The summed E-state index contributed by atoms with van der Waals surface area (Å²) in [7, 11) is 0. The highest BCUT2D eigenvalue weighted by Crippen LogP contribution is 2.22. The molecule has 0 unspecified atom stereocenters. The molecule has 1 aliphatic heterocycles. The molecule has 0 saturated carbocycles. The van der Waals surface area contributed by atoms with Crippen molar-refractivity contribution < 1.29 is 14.4 Å². The summed E-state index contributed by atoms with van der Waals surface area (Å²) in [6.45, 7) is 2.60. The Hall–Kier alpha value is -1.63.